The number of urea groups is 1. The fourth-order valence-electron chi connectivity index (χ4n) is 7.11. The molecule has 240 valence electrons. The molecule has 6 atom stereocenters. The van der Waals surface area contributed by atoms with Crippen molar-refractivity contribution >= 4 is 46.3 Å². The number of fused-ring (bicyclic) bond motifs is 3. The van der Waals surface area contributed by atoms with Crippen molar-refractivity contribution in [3.05, 3.63) is 47.0 Å². The number of nitrogens with two attached hydrogens (primary N) is 1. The number of ketones is 2. The number of carbonyl (C=O) groups excluding carboxylic acids is 4. The Bertz CT molecular complexity index is 1620. The fraction of sp³-hybridized carbons (Fsp3) is 0.419. The molecule has 0 aliphatic heterocycles. The van der Waals surface area contributed by atoms with Gasteiger partial charge in [-0.05, 0) is 68.8 Å². The number of rotatable bonds is 6. The zero-order chi connectivity index (χ0) is 33.1. The first-order valence-corrected chi connectivity index (χ1v) is 14.3. The monoisotopic (exact) mass is 623 g/mol. The van der Waals surface area contributed by atoms with Gasteiger partial charge in [0.05, 0.1) is 24.5 Å². The van der Waals surface area contributed by atoms with Crippen molar-refractivity contribution in [2.45, 2.75) is 30.6 Å². The molecule has 0 bridgehead atoms. The van der Waals surface area contributed by atoms with E-state index < -0.39 is 70.5 Å². The number of benzene rings is 2. The first-order chi connectivity index (χ1) is 21.1. The Kier molecular flexibility index (Phi) is 8.02. The summed E-state index contributed by atoms with van der Waals surface area (Å²) in [4.78, 5) is 56.0. The van der Waals surface area contributed by atoms with Gasteiger partial charge in [-0.25, -0.2) is 4.79 Å². The Balaban J connectivity index is 1.59. The number of phenols is 1. The average Bonchev–Trinajstić information content (AvgIpc) is 2.96. The highest BCUT2D eigenvalue weighted by Crippen LogP contribution is 2.54. The van der Waals surface area contributed by atoms with Crippen molar-refractivity contribution < 1.29 is 44.3 Å². The largest absolute Gasteiger partial charge is 0.507 e. The van der Waals surface area contributed by atoms with Crippen LogP contribution in [0.4, 0.5) is 21.9 Å². The molecule has 0 spiro atoms. The summed E-state index contributed by atoms with van der Waals surface area (Å²) in [6, 6.07) is 6.39. The Labute approximate surface area is 259 Å². The molecule has 3 aliphatic rings. The third kappa shape index (κ3) is 4.94. The van der Waals surface area contributed by atoms with E-state index in [1.807, 2.05) is 0 Å². The number of nitrogens with zero attached hydrogens (tertiary/aromatic N) is 2. The van der Waals surface area contributed by atoms with E-state index in [-0.39, 0.29) is 29.7 Å². The number of Topliss-reactive ketones (excluding diaryl/α,β-unsaturated/α-hetero) is 2. The van der Waals surface area contributed by atoms with Gasteiger partial charge in [-0.3, -0.25) is 14.4 Å². The number of hydrogen-bond acceptors (Lipinski definition) is 11. The Hall–Kier alpha value is -4.66. The molecule has 0 radical (unpaired) electrons. The second-order valence-electron chi connectivity index (χ2n) is 12.1. The molecular weight excluding hydrogens is 586 g/mol. The van der Waals surface area contributed by atoms with Gasteiger partial charge < -0.3 is 51.3 Å². The van der Waals surface area contributed by atoms with Crippen LogP contribution in [0, 0.1) is 17.8 Å². The predicted octanol–water partition coefficient (Wildman–Crippen LogP) is 0.848. The molecule has 14 heteroatoms. The van der Waals surface area contributed by atoms with E-state index in [4.69, 9.17) is 10.5 Å². The van der Waals surface area contributed by atoms with Crippen LogP contribution in [0.2, 0.25) is 0 Å². The number of phenolic OH excluding ortho intramolecular Hbond substituents is 1. The number of hydrogen-bond donors (Lipinski definition) is 7. The van der Waals surface area contributed by atoms with E-state index in [0.717, 1.165) is 0 Å². The van der Waals surface area contributed by atoms with Crippen LogP contribution in [0.1, 0.15) is 17.5 Å². The molecule has 2 aromatic rings. The molecular formula is C31H37N5O9. The standard InChI is InChI=1S/C31H37N5O9/c1-35(2)19-12-18(34-30(43)33-14-6-8-15(45-5)9-7-14)24(37)21-16(19)10-13-11-17-23(36(3)4)26(39)22(29(32)42)28(41)31(17,44)27(40)20(13)25(21)38/h6-9,12-13,17,22-23,26,37-39,44H,10-11H2,1-5H3,(H2,32,42)(H2,33,34,43)/t13-,17-,22?,23-,26?,31-/m1/s1. The van der Waals surface area contributed by atoms with Crippen LogP contribution in [-0.4, -0.2) is 102 Å². The summed E-state index contributed by atoms with van der Waals surface area (Å²) in [5, 5.41) is 51.0. The normalized spacial score (nSPS) is 27.3. The Morgan fingerprint density at radius 2 is 1.71 bits per heavy atom. The minimum absolute atomic E-state index is 0.00387. The lowest BCUT2D eigenvalue weighted by Gasteiger charge is -2.53. The van der Waals surface area contributed by atoms with Crippen LogP contribution in [-0.2, 0) is 20.8 Å². The molecule has 2 unspecified atom stereocenters. The summed E-state index contributed by atoms with van der Waals surface area (Å²) < 4.78 is 5.12. The zero-order valence-electron chi connectivity index (χ0n) is 25.5. The zero-order valence-corrected chi connectivity index (χ0v) is 25.5. The van der Waals surface area contributed by atoms with E-state index in [2.05, 4.69) is 10.6 Å². The number of aromatic hydroxyl groups is 1. The van der Waals surface area contributed by atoms with Crippen LogP contribution in [0.25, 0.3) is 5.76 Å². The van der Waals surface area contributed by atoms with Gasteiger partial charge in [0.1, 0.15) is 17.4 Å². The smallest absolute Gasteiger partial charge is 0.323 e. The van der Waals surface area contributed by atoms with Gasteiger partial charge in [-0.1, -0.05) is 0 Å². The van der Waals surface area contributed by atoms with Gasteiger partial charge in [0.2, 0.25) is 11.7 Å². The van der Waals surface area contributed by atoms with Gasteiger partial charge in [0.15, 0.2) is 17.1 Å². The lowest BCUT2D eigenvalue weighted by molar-refractivity contribution is -0.184. The lowest BCUT2D eigenvalue weighted by atomic mass is 9.54. The van der Waals surface area contributed by atoms with Crippen molar-refractivity contribution in [2.24, 2.45) is 23.5 Å². The molecule has 2 fully saturated rings. The number of primary amides is 1. The van der Waals surface area contributed by atoms with Crippen LogP contribution in [0.3, 0.4) is 0 Å². The quantitative estimate of drug-likeness (QED) is 0.177. The van der Waals surface area contributed by atoms with Gasteiger partial charge >= 0.3 is 6.03 Å². The summed E-state index contributed by atoms with van der Waals surface area (Å²) in [7, 11) is 8.16. The summed E-state index contributed by atoms with van der Waals surface area (Å²) in [6.07, 6.45) is -1.45. The molecule has 14 nitrogen and oxygen atoms in total. The first-order valence-electron chi connectivity index (χ1n) is 14.3. The van der Waals surface area contributed by atoms with Crippen LogP contribution in [0.5, 0.6) is 11.5 Å². The van der Waals surface area contributed by atoms with Crippen molar-refractivity contribution in [1.29, 1.82) is 0 Å². The highest BCUT2D eigenvalue weighted by molar-refractivity contribution is 6.25. The van der Waals surface area contributed by atoms with Gasteiger partial charge in [0.25, 0.3) is 0 Å². The molecule has 8 N–H and O–H groups in total. The highest BCUT2D eigenvalue weighted by atomic mass is 16.5. The molecule has 45 heavy (non-hydrogen) atoms. The third-order valence-corrected chi connectivity index (χ3v) is 9.14. The number of likely N-dealkylation sites (N-methyl/N-ethyl adjacent to an activating group) is 1. The number of carbonyl (C=O) groups is 4. The van der Waals surface area contributed by atoms with E-state index in [1.165, 1.54) is 18.1 Å². The number of nitrogens with one attached hydrogen (secondary N) is 2. The fourth-order valence-corrected chi connectivity index (χ4v) is 7.11. The molecule has 3 amide bonds. The Morgan fingerprint density at radius 1 is 1.07 bits per heavy atom. The topological polar surface area (TPSA) is 215 Å². The number of amides is 3. The molecule has 0 aromatic heterocycles. The lowest BCUT2D eigenvalue weighted by Crippen LogP contribution is -2.73. The van der Waals surface area contributed by atoms with Gasteiger partial charge in [0, 0.05) is 43.0 Å². The SMILES string of the molecule is COc1ccc(NC(=O)Nc2cc(N(C)C)c3c(c2O)C(O)=C2C(=O)[C@@]4(O)C(=O)C(C(N)=O)C(O)[C@H](N(C)C)[C@H]4C[C@H]2C3)cc1. The van der Waals surface area contributed by atoms with Gasteiger partial charge in [-0.15, -0.1) is 0 Å². The highest BCUT2D eigenvalue weighted by Gasteiger charge is 2.67. The van der Waals surface area contributed by atoms with E-state index in [0.29, 0.717) is 22.7 Å². The Morgan fingerprint density at radius 3 is 2.27 bits per heavy atom. The number of ether oxygens (including phenoxy) is 1. The minimum atomic E-state index is -2.76. The number of aliphatic hydroxyl groups is 3. The third-order valence-electron chi connectivity index (χ3n) is 9.14. The number of aliphatic hydroxyl groups excluding tert-OH is 2. The molecule has 5 rings (SSSR count). The van der Waals surface area contributed by atoms with E-state index in [9.17, 15) is 39.6 Å². The summed E-state index contributed by atoms with van der Waals surface area (Å²) in [6.45, 7) is 0. The molecule has 2 saturated carbocycles. The molecule has 0 heterocycles. The summed E-state index contributed by atoms with van der Waals surface area (Å²) in [5.74, 6) is -7.83. The van der Waals surface area contributed by atoms with Crippen molar-refractivity contribution in [3.63, 3.8) is 0 Å². The average molecular weight is 624 g/mol. The molecule has 2 aromatic carbocycles. The molecule has 0 saturated heterocycles. The van der Waals surface area contributed by atoms with E-state index >= 15 is 0 Å². The first kappa shape index (κ1) is 31.8. The summed E-state index contributed by atoms with van der Waals surface area (Å²) >= 11 is 0. The number of anilines is 3. The molecule has 3 aliphatic carbocycles. The second kappa shape index (κ2) is 11.4. The number of methoxy groups -OCH3 is 1. The maximum Gasteiger partial charge on any atom is 0.323 e. The van der Waals surface area contributed by atoms with Crippen LogP contribution < -0.4 is 26.0 Å². The maximum absolute atomic E-state index is 14.1. The summed E-state index contributed by atoms with van der Waals surface area (Å²) in [5.41, 5.74) is 3.61. The van der Waals surface area contributed by atoms with Crippen molar-refractivity contribution in [1.82, 2.24) is 4.90 Å². The van der Waals surface area contributed by atoms with Crippen molar-refractivity contribution in [3.8, 4) is 11.5 Å². The van der Waals surface area contributed by atoms with Gasteiger partial charge in [-0.2, -0.15) is 0 Å². The second-order valence-corrected chi connectivity index (χ2v) is 12.1. The van der Waals surface area contributed by atoms with E-state index in [1.54, 1.807) is 57.4 Å². The maximum atomic E-state index is 14.1. The van der Waals surface area contributed by atoms with Crippen LogP contribution in [0.15, 0.2) is 35.9 Å². The van der Waals surface area contributed by atoms with Crippen LogP contribution >= 0.6 is 0 Å². The predicted molar refractivity (Wildman–Crippen MR) is 164 cm³/mol. The van der Waals surface area contributed by atoms with Crippen molar-refractivity contribution in [2.75, 3.05) is 50.8 Å². The minimum Gasteiger partial charge on any atom is -0.507 e.